The topological polar surface area (TPSA) is 32.3 Å². The van der Waals surface area contributed by atoms with Gasteiger partial charge in [0.25, 0.3) is 0 Å². The Hall–Kier alpha value is -1.42. The number of carbonyl (C=O) groups excluding carboxylic acids is 1. The molecule has 1 heterocycles. The Bertz CT molecular complexity index is 514. The Morgan fingerprint density at radius 3 is 2.86 bits per heavy atom. The van der Waals surface area contributed by atoms with E-state index in [0.717, 1.165) is 12.1 Å². The zero-order valence-electron chi connectivity index (χ0n) is 13.1. The van der Waals surface area contributed by atoms with Gasteiger partial charge in [-0.3, -0.25) is 4.79 Å². The number of nitrogens with one attached hydrogen (secondary N) is 1. The van der Waals surface area contributed by atoms with Crippen molar-refractivity contribution in [1.29, 1.82) is 0 Å². The molecule has 0 aromatic heterocycles. The third-order valence-corrected chi connectivity index (χ3v) is 4.99. The highest BCUT2D eigenvalue weighted by Crippen LogP contribution is 2.29. The van der Waals surface area contributed by atoms with Crippen molar-refractivity contribution in [2.24, 2.45) is 5.92 Å². The van der Waals surface area contributed by atoms with Crippen molar-refractivity contribution in [3.05, 3.63) is 35.6 Å². The monoisotopic (exact) mass is 304 g/mol. The van der Waals surface area contributed by atoms with Crippen LogP contribution in [-0.2, 0) is 4.79 Å². The Labute approximate surface area is 131 Å². The first kappa shape index (κ1) is 15.5. The summed E-state index contributed by atoms with van der Waals surface area (Å²) < 4.78 is 13.5. The van der Waals surface area contributed by atoms with Crippen LogP contribution >= 0.6 is 0 Å². The first-order valence-electron chi connectivity index (χ1n) is 8.49. The van der Waals surface area contributed by atoms with Gasteiger partial charge >= 0.3 is 0 Å². The molecule has 2 aliphatic rings. The maximum Gasteiger partial charge on any atom is 0.223 e. The summed E-state index contributed by atoms with van der Waals surface area (Å²) in [5.74, 6) is 0.551. The van der Waals surface area contributed by atoms with E-state index in [9.17, 15) is 9.18 Å². The predicted molar refractivity (Wildman–Crippen MR) is 84.9 cm³/mol. The van der Waals surface area contributed by atoms with E-state index in [4.69, 9.17) is 0 Å². The molecule has 1 aliphatic heterocycles. The van der Waals surface area contributed by atoms with Crippen LogP contribution in [0, 0.1) is 11.7 Å². The van der Waals surface area contributed by atoms with Gasteiger partial charge in [-0.05, 0) is 36.5 Å². The van der Waals surface area contributed by atoms with Crippen molar-refractivity contribution in [2.75, 3.05) is 19.6 Å². The van der Waals surface area contributed by atoms with E-state index in [1.165, 1.54) is 38.2 Å². The van der Waals surface area contributed by atoms with Gasteiger partial charge < -0.3 is 10.2 Å². The predicted octanol–water partition coefficient (Wildman–Crippen LogP) is 3.27. The van der Waals surface area contributed by atoms with Crippen molar-refractivity contribution in [3.63, 3.8) is 0 Å². The Balaban J connectivity index is 1.70. The summed E-state index contributed by atoms with van der Waals surface area (Å²) in [5.41, 5.74) is 0.893. The Morgan fingerprint density at radius 2 is 2.09 bits per heavy atom. The van der Waals surface area contributed by atoms with Crippen molar-refractivity contribution >= 4 is 5.91 Å². The molecule has 0 bridgehead atoms. The van der Waals surface area contributed by atoms with Gasteiger partial charge in [-0.1, -0.05) is 31.4 Å². The van der Waals surface area contributed by atoms with Gasteiger partial charge in [-0.15, -0.1) is 0 Å². The van der Waals surface area contributed by atoms with Crippen LogP contribution in [0.2, 0.25) is 0 Å². The molecule has 2 fully saturated rings. The second-order valence-electron chi connectivity index (χ2n) is 6.57. The summed E-state index contributed by atoms with van der Waals surface area (Å²) in [7, 11) is 0. The van der Waals surface area contributed by atoms with E-state index in [1.807, 2.05) is 11.0 Å². The molecular formula is C18H25FN2O. The zero-order valence-corrected chi connectivity index (χ0v) is 13.1. The van der Waals surface area contributed by atoms with E-state index < -0.39 is 0 Å². The summed E-state index contributed by atoms with van der Waals surface area (Å²) in [6.45, 7) is 2.24. The van der Waals surface area contributed by atoms with Crippen molar-refractivity contribution in [1.82, 2.24) is 10.2 Å². The number of hydrogen-bond acceptors (Lipinski definition) is 2. The highest BCUT2D eigenvalue weighted by molar-refractivity contribution is 5.77. The number of nitrogens with zero attached hydrogens (tertiary/aromatic N) is 1. The van der Waals surface area contributed by atoms with E-state index in [1.54, 1.807) is 12.1 Å². The van der Waals surface area contributed by atoms with Crippen LogP contribution in [0.1, 0.15) is 50.1 Å². The van der Waals surface area contributed by atoms with Crippen LogP contribution in [0.5, 0.6) is 0 Å². The van der Waals surface area contributed by atoms with Crippen LogP contribution in [-0.4, -0.2) is 30.4 Å². The van der Waals surface area contributed by atoms with Crippen molar-refractivity contribution in [2.45, 2.75) is 44.6 Å². The summed E-state index contributed by atoms with van der Waals surface area (Å²) >= 11 is 0. The van der Waals surface area contributed by atoms with Gasteiger partial charge in [-0.2, -0.15) is 0 Å². The second-order valence-corrected chi connectivity index (χ2v) is 6.57. The number of amides is 1. The molecular weight excluding hydrogens is 279 g/mol. The molecule has 1 N–H and O–H groups in total. The smallest absolute Gasteiger partial charge is 0.223 e. The molecule has 4 heteroatoms. The lowest BCUT2D eigenvalue weighted by molar-refractivity contribution is -0.135. The van der Waals surface area contributed by atoms with Gasteiger partial charge in [-0.25, -0.2) is 4.39 Å². The third-order valence-electron chi connectivity index (χ3n) is 4.99. The number of rotatable bonds is 3. The molecule has 22 heavy (non-hydrogen) atoms. The lowest BCUT2D eigenvalue weighted by atomic mass is 9.86. The number of hydrogen-bond donors (Lipinski definition) is 1. The van der Waals surface area contributed by atoms with Crippen molar-refractivity contribution < 1.29 is 9.18 Å². The molecule has 1 aromatic carbocycles. The van der Waals surface area contributed by atoms with Crippen LogP contribution in [0.25, 0.3) is 0 Å². The molecule has 3 nitrogen and oxygen atoms in total. The average Bonchev–Trinajstić information content (AvgIpc) is 2.56. The molecule has 3 rings (SSSR count). The van der Waals surface area contributed by atoms with E-state index >= 15 is 0 Å². The average molecular weight is 304 g/mol. The first-order chi connectivity index (χ1) is 10.7. The third kappa shape index (κ3) is 3.67. The Morgan fingerprint density at radius 1 is 1.27 bits per heavy atom. The normalized spacial score (nSPS) is 23.5. The summed E-state index contributed by atoms with van der Waals surface area (Å²) in [6.07, 6.45) is 6.85. The maximum absolute atomic E-state index is 13.5. The fraction of sp³-hybridized carbons (Fsp3) is 0.611. The summed E-state index contributed by atoms with van der Waals surface area (Å²) in [4.78, 5) is 14.7. The molecule has 120 valence electrons. The number of halogens is 1. The van der Waals surface area contributed by atoms with Crippen LogP contribution < -0.4 is 5.32 Å². The molecule has 0 spiro atoms. The minimum Gasteiger partial charge on any atom is -0.333 e. The highest BCUT2D eigenvalue weighted by Gasteiger charge is 2.29. The zero-order chi connectivity index (χ0) is 15.4. The standard InChI is InChI=1S/C18H25FN2O/c19-16-8-4-7-15(12-16)17-13-20-9-10-21(17)18(22)11-14-5-2-1-3-6-14/h4,7-8,12,14,17,20H,1-3,5-6,9-11,13H2. The molecule has 1 atom stereocenters. The molecule has 0 radical (unpaired) electrons. The quantitative estimate of drug-likeness (QED) is 0.929. The molecule has 1 unspecified atom stereocenters. The number of carbonyl (C=O) groups is 1. The molecule has 1 aromatic rings. The molecule has 1 amide bonds. The molecule has 1 saturated carbocycles. The van der Waals surface area contributed by atoms with E-state index in [2.05, 4.69) is 5.32 Å². The van der Waals surface area contributed by atoms with Gasteiger partial charge in [0.1, 0.15) is 5.82 Å². The van der Waals surface area contributed by atoms with E-state index in [0.29, 0.717) is 25.4 Å². The van der Waals surface area contributed by atoms with Crippen LogP contribution in [0.3, 0.4) is 0 Å². The van der Waals surface area contributed by atoms with Crippen LogP contribution in [0.15, 0.2) is 24.3 Å². The largest absolute Gasteiger partial charge is 0.333 e. The summed E-state index contributed by atoms with van der Waals surface area (Å²) in [6, 6.07) is 6.61. The SMILES string of the molecule is O=C(CC1CCCCC1)N1CCNCC1c1cccc(F)c1. The first-order valence-corrected chi connectivity index (χ1v) is 8.49. The minimum atomic E-state index is -0.234. The molecule has 1 saturated heterocycles. The highest BCUT2D eigenvalue weighted by atomic mass is 19.1. The fourth-order valence-corrected chi connectivity index (χ4v) is 3.77. The summed E-state index contributed by atoms with van der Waals surface area (Å²) in [5, 5.41) is 3.32. The van der Waals surface area contributed by atoms with Gasteiger partial charge in [0, 0.05) is 26.1 Å². The van der Waals surface area contributed by atoms with Crippen LogP contribution in [0.4, 0.5) is 4.39 Å². The van der Waals surface area contributed by atoms with Gasteiger partial charge in [0.05, 0.1) is 6.04 Å². The van der Waals surface area contributed by atoms with Crippen molar-refractivity contribution in [3.8, 4) is 0 Å². The van der Waals surface area contributed by atoms with E-state index in [-0.39, 0.29) is 17.8 Å². The number of benzene rings is 1. The second kappa shape index (κ2) is 7.23. The molecule has 1 aliphatic carbocycles. The lowest BCUT2D eigenvalue weighted by Gasteiger charge is -2.37. The lowest BCUT2D eigenvalue weighted by Crippen LogP contribution is -2.49. The fourth-order valence-electron chi connectivity index (χ4n) is 3.77. The Kier molecular flexibility index (Phi) is 5.08. The minimum absolute atomic E-state index is 0.0412. The van der Waals surface area contributed by atoms with Gasteiger partial charge in [0.15, 0.2) is 0 Å². The maximum atomic E-state index is 13.5. The van der Waals surface area contributed by atoms with Gasteiger partial charge in [0.2, 0.25) is 5.91 Å². The number of piperazine rings is 1.